The third-order valence-electron chi connectivity index (χ3n) is 5.70. The van der Waals surface area contributed by atoms with Gasteiger partial charge in [0, 0.05) is 66.3 Å². The molecule has 0 radical (unpaired) electrons. The number of aliphatic imine (C=N–C) groups is 2. The van der Waals surface area contributed by atoms with Gasteiger partial charge in [-0.3, -0.25) is 9.98 Å². The molecule has 0 atom stereocenters. The Morgan fingerprint density at radius 3 is 2.47 bits per heavy atom. The van der Waals surface area contributed by atoms with Gasteiger partial charge < -0.3 is 20.0 Å². The first kappa shape index (κ1) is 17.3. The maximum absolute atomic E-state index is 4.78. The number of aromatic amines is 1. The monoisotopic (exact) mass is 397 g/mol. The van der Waals surface area contributed by atoms with Crippen LogP contribution >= 0.6 is 0 Å². The van der Waals surface area contributed by atoms with Gasteiger partial charge in [-0.05, 0) is 37.1 Å². The number of rotatable bonds is 3. The summed E-state index contributed by atoms with van der Waals surface area (Å²) in [6, 6.07) is 12.9. The van der Waals surface area contributed by atoms with Crippen molar-refractivity contribution in [2.45, 2.75) is 12.8 Å². The van der Waals surface area contributed by atoms with Crippen LogP contribution in [0, 0.1) is 0 Å². The van der Waals surface area contributed by atoms with Crippen LogP contribution in [-0.2, 0) is 0 Å². The summed E-state index contributed by atoms with van der Waals surface area (Å²) >= 11 is 0. The molecular formula is C23H23N7. The van der Waals surface area contributed by atoms with E-state index < -0.39 is 0 Å². The molecule has 2 aliphatic rings. The number of H-pyrrole nitrogens is 1. The van der Waals surface area contributed by atoms with Crippen LogP contribution in [0.1, 0.15) is 24.1 Å². The highest BCUT2D eigenvalue weighted by Gasteiger charge is 2.13. The predicted octanol–water partition coefficient (Wildman–Crippen LogP) is 2.96. The van der Waals surface area contributed by atoms with E-state index in [9.17, 15) is 0 Å². The molecule has 0 amide bonds. The molecule has 3 aromatic heterocycles. The fourth-order valence-electron chi connectivity index (χ4n) is 4.12. The van der Waals surface area contributed by atoms with Crippen LogP contribution < -0.4 is 10.6 Å². The Bertz CT molecular complexity index is 1280. The second-order valence-corrected chi connectivity index (χ2v) is 7.81. The van der Waals surface area contributed by atoms with E-state index >= 15 is 0 Å². The summed E-state index contributed by atoms with van der Waals surface area (Å²) in [5, 5.41) is 7.93. The van der Waals surface area contributed by atoms with E-state index in [1.165, 1.54) is 5.39 Å². The number of pyridine rings is 1. The zero-order chi connectivity index (χ0) is 19.9. The third kappa shape index (κ3) is 3.03. The number of imidazole rings is 1. The molecular weight excluding hydrogens is 374 g/mol. The standard InChI is InChI=1S/C23H23N7/c1-6-24-22(25-7-1)17-4-3-15-11-18(28-19(15)12-17)16-5-10-30-14-20(29-21(30)13-16)23-26-8-2-9-27-23/h3-5,10-14,28H,1-2,6-9H2,(H,24,25)(H,26,27). The van der Waals surface area contributed by atoms with E-state index in [-0.39, 0.29) is 0 Å². The molecule has 7 heteroatoms. The maximum Gasteiger partial charge on any atom is 0.148 e. The molecule has 7 nitrogen and oxygen atoms in total. The van der Waals surface area contributed by atoms with Crippen LogP contribution in [0.25, 0.3) is 27.8 Å². The van der Waals surface area contributed by atoms with Crippen molar-refractivity contribution in [1.29, 1.82) is 0 Å². The van der Waals surface area contributed by atoms with Gasteiger partial charge in [0.2, 0.25) is 0 Å². The molecule has 0 fully saturated rings. The van der Waals surface area contributed by atoms with Crippen molar-refractivity contribution in [3.63, 3.8) is 0 Å². The van der Waals surface area contributed by atoms with Gasteiger partial charge in [0.15, 0.2) is 0 Å². The molecule has 1 aromatic carbocycles. The Labute approximate surface area is 174 Å². The van der Waals surface area contributed by atoms with Gasteiger partial charge in [-0.15, -0.1) is 0 Å². The number of aromatic nitrogens is 3. The van der Waals surface area contributed by atoms with Gasteiger partial charge in [0.05, 0.1) is 0 Å². The molecule has 0 unspecified atom stereocenters. The lowest BCUT2D eigenvalue weighted by atomic mass is 10.1. The zero-order valence-corrected chi connectivity index (χ0v) is 16.7. The van der Waals surface area contributed by atoms with E-state index in [4.69, 9.17) is 4.98 Å². The summed E-state index contributed by atoms with van der Waals surface area (Å²) in [4.78, 5) is 17.5. The molecule has 0 aliphatic carbocycles. The van der Waals surface area contributed by atoms with Crippen LogP contribution in [0.4, 0.5) is 0 Å². The molecule has 4 aromatic rings. The minimum absolute atomic E-state index is 0.862. The van der Waals surface area contributed by atoms with Gasteiger partial charge in [-0.1, -0.05) is 12.1 Å². The minimum Gasteiger partial charge on any atom is -0.370 e. The van der Waals surface area contributed by atoms with Gasteiger partial charge in [0.25, 0.3) is 0 Å². The highest BCUT2D eigenvalue weighted by atomic mass is 15.1. The topological polar surface area (TPSA) is 81.9 Å². The summed E-state index contributed by atoms with van der Waals surface area (Å²) in [6.07, 6.45) is 6.26. The Hall–Kier alpha value is -3.61. The lowest BCUT2D eigenvalue weighted by molar-refractivity contribution is 0.741. The second-order valence-electron chi connectivity index (χ2n) is 7.81. The fraction of sp³-hybridized carbons (Fsp3) is 0.261. The molecule has 30 heavy (non-hydrogen) atoms. The second kappa shape index (κ2) is 7.02. The van der Waals surface area contributed by atoms with E-state index in [1.54, 1.807) is 0 Å². The molecule has 0 spiro atoms. The van der Waals surface area contributed by atoms with Crippen LogP contribution in [0.5, 0.6) is 0 Å². The van der Waals surface area contributed by atoms with Gasteiger partial charge >= 0.3 is 0 Å². The van der Waals surface area contributed by atoms with Crippen molar-refractivity contribution in [2.75, 3.05) is 26.2 Å². The zero-order valence-electron chi connectivity index (χ0n) is 16.7. The van der Waals surface area contributed by atoms with Gasteiger partial charge in [-0.25, -0.2) is 4.98 Å². The van der Waals surface area contributed by atoms with Crippen LogP contribution in [-0.4, -0.2) is 52.2 Å². The molecule has 0 saturated heterocycles. The van der Waals surface area contributed by atoms with Crippen molar-refractivity contribution in [3.05, 3.63) is 60.0 Å². The molecule has 5 heterocycles. The fourth-order valence-corrected chi connectivity index (χ4v) is 4.12. The number of amidine groups is 2. The van der Waals surface area contributed by atoms with Crippen molar-refractivity contribution in [3.8, 4) is 11.3 Å². The summed E-state index contributed by atoms with van der Waals surface area (Å²) in [7, 11) is 0. The van der Waals surface area contributed by atoms with Crippen LogP contribution in [0.3, 0.4) is 0 Å². The van der Waals surface area contributed by atoms with Crippen LogP contribution in [0.15, 0.2) is 58.8 Å². The summed E-state index contributed by atoms with van der Waals surface area (Å²) in [5.74, 6) is 1.88. The molecule has 2 aliphatic heterocycles. The lowest BCUT2D eigenvalue weighted by Gasteiger charge is -2.14. The highest BCUT2D eigenvalue weighted by molar-refractivity contribution is 6.02. The van der Waals surface area contributed by atoms with Crippen LogP contribution in [0.2, 0.25) is 0 Å². The molecule has 0 bridgehead atoms. The molecule has 6 rings (SSSR count). The summed E-state index contributed by atoms with van der Waals surface area (Å²) in [5.41, 5.74) is 6.25. The van der Waals surface area contributed by atoms with E-state index in [2.05, 4.69) is 68.2 Å². The normalized spacial score (nSPS) is 16.8. The number of fused-ring (bicyclic) bond motifs is 2. The number of hydrogen-bond acceptors (Lipinski definition) is 5. The highest BCUT2D eigenvalue weighted by Crippen LogP contribution is 2.26. The lowest BCUT2D eigenvalue weighted by Crippen LogP contribution is -2.30. The van der Waals surface area contributed by atoms with E-state index in [0.717, 1.165) is 84.4 Å². The molecule has 0 saturated carbocycles. The first-order valence-electron chi connectivity index (χ1n) is 10.5. The van der Waals surface area contributed by atoms with Crippen molar-refractivity contribution in [1.82, 2.24) is 25.0 Å². The predicted molar refractivity (Wildman–Crippen MR) is 121 cm³/mol. The van der Waals surface area contributed by atoms with E-state index in [0.29, 0.717) is 0 Å². The number of nitrogens with zero attached hydrogens (tertiary/aromatic N) is 4. The quantitative estimate of drug-likeness (QED) is 0.497. The number of benzene rings is 1. The Kier molecular flexibility index (Phi) is 4.04. The first-order valence-corrected chi connectivity index (χ1v) is 10.5. The molecule has 3 N–H and O–H groups in total. The molecule has 150 valence electrons. The summed E-state index contributed by atoms with van der Waals surface area (Å²) < 4.78 is 2.05. The summed E-state index contributed by atoms with van der Waals surface area (Å²) in [6.45, 7) is 3.70. The maximum atomic E-state index is 4.78. The number of nitrogens with one attached hydrogen (secondary N) is 3. The van der Waals surface area contributed by atoms with Crippen molar-refractivity contribution >= 4 is 28.2 Å². The number of hydrogen-bond donors (Lipinski definition) is 3. The Morgan fingerprint density at radius 2 is 1.67 bits per heavy atom. The first-order chi connectivity index (χ1) is 14.8. The average Bonchev–Trinajstić information content (AvgIpc) is 3.43. The Morgan fingerprint density at radius 1 is 0.833 bits per heavy atom. The smallest absolute Gasteiger partial charge is 0.148 e. The van der Waals surface area contributed by atoms with Crippen molar-refractivity contribution in [2.24, 2.45) is 9.98 Å². The Balaban J connectivity index is 1.36. The van der Waals surface area contributed by atoms with Crippen molar-refractivity contribution < 1.29 is 0 Å². The third-order valence-corrected chi connectivity index (χ3v) is 5.70. The van der Waals surface area contributed by atoms with Gasteiger partial charge in [-0.2, -0.15) is 0 Å². The average molecular weight is 397 g/mol. The largest absolute Gasteiger partial charge is 0.370 e. The van der Waals surface area contributed by atoms with E-state index in [1.807, 2.05) is 10.6 Å². The SMILES string of the molecule is c1cc2cc(-c3ccn4cc(C5=NCCCN5)nc4c3)[nH]c2cc1C1=NCCCN1. The van der Waals surface area contributed by atoms with Gasteiger partial charge in [0.1, 0.15) is 23.0 Å². The minimum atomic E-state index is 0.862.